The Hall–Kier alpha value is -4.20. The molecule has 2 amide bonds. The van der Waals surface area contributed by atoms with Gasteiger partial charge in [-0.2, -0.15) is 0 Å². The number of hydrogen-bond donors (Lipinski definition) is 0. The molecule has 1 aliphatic rings. The minimum Gasteiger partial charge on any atom is -0.467 e. The molecule has 156 valence electrons. The van der Waals surface area contributed by atoms with Gasteiger partial charge < -0.3 is 13.9 Å². The molecular weight excluding hydrogens is 402 g/mol. The van der Waals surface area contributed by atoms with Crippen LogP contribution in [0.4, 0.5) is 0 Å². The Balaban J connectivity index is 1.59. The van der Waals surface area contributed by atoms with Crippen LogP contribution in [0.1, 0.15) is 26.5 Å². The van der Waals surface area contributed by atoms with Crippen molar-refractivity contribution in [2.24, 2.45) is 0 Å². The topological polar surface area (TPSA) is 103 Å². The van der Waals surface area contributed by atoms with Gasteiger partial charge in [-0.25, -0.2) is 9.59 Å². The summed E-state index contributed by atoms with van der Waals surface area (Å²) in [5.74, 6) is -2.86. The molecule has 2 heterocycles. The molecule has 0 bridgehead atoms. The largest absolute Gasteiger partial charge is 0.467 e. The molecular formula is C23H17NO7. The zero-order chi connectivity index (χ0) is 21.8. The fraction of sp³-hybridized carbons (Fsp3) is 0.130. The van der Waals surface area contributed by atoms with Crippen molar-refractivity contribution in [2.75, 3.05) is 0 Å². The number of imide groups is 1. The monoisotopic (exact) mass is 419 g/mol. The average molecular weight is 419 g/mol. The zero-order valence-corrected chi connectivity index (χ0v) is 16.2. The van der Waals surface area contributed by atoms with E-state index in [1.807, 2.05) is 0 Å². The molecule has 0 N–H and O–H groups in total. The number of likely N-dealkylation sites (tertiary alicyclic amines) is 1. The van der Waals surface area contributed by atoms with Gasteiger partial charge in [0.05, 0.1) is 23.9 Å². The average Bonchev–Trinajstić information content (AvgIpc) is 3.39. The Bertz CT molecular complexity index is 1020. The molecule has 8 heteroatoms. The molecule has 1 aliphatic heterocycles. The number of esters is 2. The number of ether oxygens (including phenoxy) is 2. The van der Waals surface area contributed by atoms with Crippen LogP contribution in [-0.4, -0.2) is 40.9 Å². The van der Waals surface area contributed by atoms with E-state index in [2.05, 4.69) is 0 Å². The molecule has 8 nitrogen and oxygen atoms in total. The zero-order valence-electron chi connectivity index (χ0n) is 16.2. The van der Waals surface area contributed by atoms with E-state index in [9.17, 15) is 19.2 Å². The number of benzene rings is 2. The minimum absolute atomic E-state index is 0.177. The maximum Gasteiger partial charge on any atom is 0.339 e. The number of amides is 2. The summed E-state index contributed by atoms with van der Waals surface area (Å²) >= 11 is 0. The van der Waals surface area contributed by atoms with E-state index in [1.54, 1.807) is 48.5 Å². The second-order valence-corrected chi connectivity index (χ2v) is 6.73. The lowest BCUT2D eigenvalue weighted by Crippen LogP contribution is -2.37. The van der Waals surface area contributed by atoms with E-state index in [0.717, 1.165) is 4.90 Å². The van der Waals surface area contributed by atoms with Crippen LogP contribution in [0.5, 0.6) is 0 Å². The molecule has 3 aromatic rings. The quantitative estimate of drug-likeness (QED) is 0.447. The predicted molar refractivity (Wildman–Crippen MR) is 106 cm³/mol. The summed E-state index contributed by atoms with van der Waals surface area (Å²) in [6, 6.07) is 19.2. The third-order valence-corrected chi connectivity index (χ3v) is 4.67. The van der Waals surface area contributed by atoms with Crippen molar-refractivity contribution in [3.63, 3.8) is 0 Å². The van der Waals surface area contributed by atoms with Crippen LogP contribution >= 0.6 is 0 Å². The first kappa shape index (κ1) is 20.1. The van der Waals surface area contributed by atoms with Crippen molar-refractivity contribution < 1.29 is 33.1 Å². The van der Waals surface area contributed by atoms with Gasteiger partial charge in [0.25, 0.3) is 11.8 Å². The van der Waals surface area contributed by atoms with Crippen LogP contribution in [0, 0.1) is 0 Å². The normalized spacial score (nSPS) is 18.1. The molecule has 0 saturated carbocycles. The lowest BCUT2D eigenvalue weighted by atomic mass is 10.2. The lowest BCUT2D eigenvalue weighted by Gasteiger charge is -2.16. The first-order valence-corrected chi connectivity index (χ1v) is 9.44. The lowest BCUT2D eigenvalue weighted by molar-refractivity contribution is -0.142. The maximum atomic E-state index is 12.9. The molecule has 1 saturated heterocycles. The number of furan rings is 1. The molecule has 2 atom stereocenters. The van der Waals surface area contributed by atoms with Gasteiger partial charge in [-0.3, -0.25) is 14.5 Å². The molecule has 0 radical (unpaired) electrons. The van der Waals surface area contributed by atoms with E-state index in [-0.39, 0.29) is 17.7 Å². The second kappa shape index (κ2) is 8.66. The second-order valence-electron chi connectivity index (χ2n) is 6.73. The van der Waals surface area contributed by atoms with Crippen LogP contribution in [0.25, 0.3) is 0 Å². The number of carbonyl (C=O) groups is 4. The standard InChI is InChI=1S/C23H17NO7/c25-20-18(30-22(27)15-8-3-1-4-9-15)19(31-23(28)16-10-5-2-6-11-16)21(26)24(20)14-17-12-7-13-29-17/h1-13,18-19H,14H2/t18-,19-/m0/s1. The van der Waals surface area contributed by atoms with E-state index < -0.39 is 36.0 Å². The van der Waals surface area contributed by atoms with Crippen molar-refractivity contribution in [3.8, 4) is 0 Å². The predicted octanol–water partition coefficient (Wildman–Crippen LogP) is 2.60. The summed E-state index contributed by atoms with van der Waals surface area (Å²) in [4.78, 5) is 51.7. The SMILES string of the molecule is O=C(O[C@@H]1C(=O)N(Cc2ccco2)C(=O)[C@H]1OC(=O)c1ccccc1)c1ccccc1. The Morgan fingerprint density at radius 2 is 1.23 bits per heavy atom. The minimum atomic E-state index is -1.61. The fourth-order valence-corrected chi connectivity index (χ4v) is 3.13. The van der Waals surface area contributed by atoms with Crippen molar-refractivity contribution in [3.05, 3.63) is 95.9 Å². The summed E-state index contributed by atoms with van der Waals surface area (Å²) in [7, 11) is 0. The molecule has 31 heavy (non-hydrogen) atoms. The summed E-state index contributed by atoms with van der Waals surface area (Å²) in [5, 5.41) is 0. The van der Waals surface area contributed by atoms with Crippen LogP contribution in [0.3, 0.4) is 0 Å². The van der Waals surface area contributed by atoms with Crippen molar-refractivity contribution in [1.82, 2.24) is 4.90 Å². The Labute approximate surface area is 177 Å². The van der Waals surface area contributed by atoms with Crippen LogP contribution in [0.15, 0.2) is 83.5 Å². The van der Waals surface area contributed by atoms with Gasteiger partial charge in [0.1, 0.15) is 5.76 Å². The van der Waals surface area contributed by atoms with Crippen molar-refractivity contribution in [1.29, 1.82) is 0 Å². The summed E-state index contributed by atoms with van der Waals surface area (Å²) < 4.78 is 15.8. The highest BCUT2D eigenvalue weighted by Crippen LogP contribution is 2.24. The van der Waals surface area contributed by atoms with E-state index in [1.165, 1.54) is 30.5 Å². The molecule has 1 aromatic heterocycles. The van der Waals surface area contributed by atoms with Gasteiger partial charge in [0.2, 0.25) is 12.2 Å². The number of hydrogen-bond acceptors (Lipinski definition) is 7. The van der Waals surface area contributed by atoms with Gasteiger partial charge >= 0.3 is 11.9 Å². The molecule has 2 aromatic carbocycles. The summed E-state index contributed by atoms with van der Waals surface area (Å²) in [6.45, 7) is -0.177. The third kappa shape index (κ3) is 4.23. The third-order valence-electron chi connectivity index (χ3n) is 4.67. The number of nitrogens with zero attached hydrogens (tertiary/aromatic N) is 1. The van der Waals surface area contributed by atoms with Gasteiger partial charge in [-0.05, 0) is 36.4 Å². The first-order chi connectivity index (χ1) is 15.0. The maximum absolute atomic E-state index is 12.9. The molecule has 4 rings (SSSR count). The Kier molecular flexibility index (Phi) is 5.61. The van der Waals surface area contributed by atoms with E-state index >= 15 is 0 Å². The highest BCUT2D eigenvalue weighted by molar-refractivity contribution is 6.10. The van der Waals surface area contributed by atoms with Crippen LogP contribution in [0.2, 0.25) is 0 Å². The van der Waals surface area contributed by atoms with Gasteiger partial charge in [0, 0.05) is 0 Å². The van der Waals surface area contributed by atoms with Gasteiger partial charge in [-0.1, -0.05) is 36.4 Å². The van der Waals surface area contributed by atoms with Crippen molar-refractivity contribution in [2.45, 2.75) is 18.8 Å². The number of rotatable bonds is 6. The fourth-order valence-electron chi connectivity index (χ4n) is 3.13. The highest BCUT2D eigenvalue weighted by Gasteiger charge is 2.53. The molecule has 0 unspecified atom stereocenters. The number of carbonyl (C=O) groups excluding carboxylic acids is 4. The highest BCUT2D eigenvalue weighted by atomic mass is 16.6. The van der Waals surface area contributed by atoms with E-state index in [0.29, 0.717) is 5.76 Å². The van der Waals surface area contributed by atoms with Crippen molar-refractivity contribution >= 4 is 23.8 Å². The van der Waals surface area contributed by atoms with Crippen LogP contribution in [-0.2, 0) is 25.6 Å². The molecule has 1 fully saturated rings. The smallest absolute Gasteiger partial charge is 0.339 e. The first-order valence-electron chi connectivity index (χ1n) is 9.44. The Morgan fingerprint density at radius 3 is 1.65 bits per heavy atom. The van der Waals surface area contributed by atoms with Gasteiger partial charge in [0.15, 0.2) is 0 Å². The molecule has 0 spiro atoms. The summed E-state index contributed by atoms with van der Waals surface area (Å²) in [5.41, 5.74) is 0.390. The van der Waals surface area contributed by atoms with Crippen LogP contribution < -0.4 is 0 Å². The van der Waals surface area contributed by atoms with E-state index in [4.69, 9.17) is 13.9 Å². The molecule has 0 aliphatic carbocycles. The summed E-state index contributed by atoms with van der Waals surface area (Å²) in [6.07, 6.45) is -1.81. The van der Waals surface area contributed by atoms with Gasteiger partial charge in [-0.15, -0.1) is 0 Å². The Morgan fingerprint density at radius 1 is 0.742 bits per heavy atom.